The average molecular weight is 417 g/mol. The van der Waals surface area contributed by atoms with Crippen molar-refractivity contribution < 1.29 is 23.9 Å². The molecule has 0 heterocycles. The molecule has 29 heavy (non-hydrogen) atoms. The first kappa shape index (κ1) is 22.0. The van der Waals surface area contributed by atoms with Crippen molar-refractivity contribution in [2.45, 2.75) is 6.92 Å². The van der Waals surface area contributed by atoms with Crippen LogP contribution in [0, 0.1) is 0 Å². The number of hydrogen-bond donors (Lipinski definition) is 2. The van der Waals surface area contributed by atoms with Gasteiger partial charge in [-0.05, 0) is 48.9 Å². The molecule has 2 rings (SSSR count). The van der Waals surface area contributed by atoms with Crippen molar-refractivity contribution in [3.8, 4) is 5.75 Å². The monoisotopic (exact) mass is 416 g/mol. The Morgan fingerprint density at radius 2 is 1.69 bits per heavy atom. The number of rotatable bonds is 8. The van der Waals surface area contributed by atoms with Gasteiger partial charge in [-0.3, -0.25) is 9.59 Å². The SMILES string of the molecule is CCOC(=O)Oc1ccc(C(=O)NCCNC(=O)/C=C/c2ccccc2Cl)cc1. The fraction of sp³-hybridized carbons (Fsp3) is 0.190. The maximum absolute atomic E-state index is 12.1. The van der Waals surface area contributed by atoms with Crippen LogP contribution in [0.2, 0.25) is 5.02 Å². The molecule has 2 amide bonds. The second kappa shape index (κ2) is 11.5. The fourth-order valence-electron chi connectivity index (χ4n) is 2.22. The second-order valence-electron chi connectivity index (χ2n) is 5.71. The first-order valence-corrected chi connectivity index (χ1v) is 9.30. The van der Waals surface area contributed by atoms with Crippen LogP contribution in [0.3, 0.4) is 0 Å². The van der Waals surface area contributed by atoms with E-state index in [2.05, 4.69) is 15.4 Å². The normalized spacial score (nSPS) is 10.4. The number of benzene rings is 2. The summed E-state index contributed by atoms with van der Waals surface area (Å²) in [7, 11) is 0. The Hall–Kier alpha value is -3.32. The summed E-state index contributed by atoms with van der Waals surface area (Å²) in [6.45, 7) is 2.41. The molecular weight excluding hydrogens is 396 g/mol. The van der Waals surface area contributed by atoms with Gasteiger partial charge in [0.15, 0.2) is 0 Å². The van der Waals surface area contributed by atoms with Crippen LogP contribution in [0.5, 0.6) is 5.75 Å². The number of nitrogens with one attached hydrogen (secondary N) is 2. The summed E-state index contributed by atoms with van der Waals surface area (Å²) >= 11 is 6.01. The van der Waals surface area contributed by atoms with Crippen LogP contribution in [0.4, 0.5) is 4.79 Å². The molecule has 0 saturated heterocycles. The third kappa shape index (κ3) is 7.67. The zero-order chi connectivity index (χ0) is 21.1. The van der Waals surface area contributed by atoms with Crippen LogP contribution in [-0.4, -0.2) is 37.7 Å². The molecule has 0 radical (unpaired) electrons. The highest BCUT2D eigenvalue weighted by Crippen LogP contribution is 2.16. The highest BCUT2D eigenvalue weighted by molar-refractivity contribution is 6.32. The number of carbonyl (C=O) groups excluding carboxylic acids is 3. The van der Waals surface area contributed by atoms with Gasteiger partial charge in [0.25, 0.3) is 5.91 Å². The van der Waals surface area contributed by atoms with Crippen LogP contribution in [0.25, 0.3) is 6.08 Å². The molecular formula is C21H21ClN2O5. The Morgan fingerprint density at radius 1 is 1.00 bits per heavy atom. The number of halogens is 1. The molecule has 0 bridgehead atoms. The van der Waals surface area contributed by atoms with Crippen molar-refractivity contribution in [2.24, 2.45) is 0 Å². The third-order valence-electron chi connectivity index (χ3n) is 3.61. The molecule has 0 fully saturated rings. The van der Waals surface area contributed by atoms with Crippen LogP contribution in [0.15, 0.2) is 54.6 Å². The number of hydrogen-bond acceptors (Lipinski definition) is 5. The molecule has 2 aromatic rings. The van der Waals surface area contributed by atoms with Gasteiger partial charge >= 0.3 is 6.16 Å². The summed E-state index contributed by atoms with van der Waals surface area (Å²) in [5, 5.41) is 5.91. The molecule has 7 nitrogen and oxygen atoms in total. The Morgan fingerprint density at radius 3 is 2.38 bits per heavy atom. The van der Waals surface area contributed by atoms with E-state index in [9.17, 15) is 14.4 Å². The van der Waals surface area contributed by atoms with E-state index in [-0.39, 0.29) is 37.3 Å². The topological polar surface area (TPSA) is 93.7 Å². The average Bonchev–Trinajstić information content (AvgIpc) is 2.71. The molecule has 8 heteroatoms. The van der Waals surface area contributed by atoms with E-state index in [1.54, 1.807) is 25.1 Å². The first-order chi connectivity index (χ1) is 14.0. The van der Waals surface area contributed by atoms with E-state index >= 15 is 0 Å². The summed E-state index contributed by atoms with van der Waals surface area (Å²) in [6.07, 6.45) is 2.20. The van der Waals surface area contributed by atoms with Gasteiger partial charge in [-0.25, -0.2) is 4.79 Å². The van der Waals surface area contributed by atoms with Crippen molar-refractivity contribution in [3.05, 3.63) is 70.8 Å². The predicted molar refractivity (Wildman–Crippen MR) is 110 cm³/mol. The van der Waals surface area contributed by atoms with Crippen LogP contribution < -0.4 is 15.4 Å². The number of amides is 2. The maximum Gasteiger partial charge on any atom is 0.513 e. The fourth-order valence-corrected chi connectivity index (χ4v) is 2.42. The second-order valence-corrected chi connectivity index (χ2v) is 6.12. The van der Waals surface area contributed by atoms with Gasteiger partial charge in [0.05, 0.1) is 6.61 Å². The summed E-state index contributed by atoms with van der Waals surface area (Å²) in [4.78, 5) is 35.1. The lowest BCUT2D eigenvalue weighted by Gasteiger charge is -2.07. The van der Waals surface area contributed by atoms with Crippen LogP contribution in [0.1, 0.15) is 22.8 Å². The molecule has 2 aromatic carbocycles. The van der Waals surface area contributed by atoms with Gasteiger partial charge in [-0.1, -0.05) is 29.8 Å². The summed E-state index contributed by atoms with van der Waals surface area (Å²) in [5.74, 6) is -0.328. The van der Waals surface area contributed by atoms with Gasteiger partial charge in [-0.15, -0.1) is 0 Å². The van der Waals surface area contributed by atoms with Crippen LogP contribution >= 0.6 is 11.6 Å². The third-order valence-corrected chi connectivity index (χ3v) is 3.95. The molecule has 0 aliphatic heterocycles. The molecule has 0 aromatic heterocycles. The highest BCUT2D eigenvalue weighted by atomic mass is 35.5. The first-order valence-electron chi connectivity index (χ1n) is 8.93. The molecule has 0 aliphatic rings. The van der Waals surface area contributed by atoms with Gasteiger partial charge in [-0.2, -0.15) is 0 Å². The lowest BCUT2D eigenvalue weighted by molar-refractivity contribution is -0.116. The van der Waals surface area contributed by atoms with E-state index in [1.165, 1.54) is 30.3 Å². The van der Waals surface area contributed by atoms with Crippen molar-refractivity contribution >= 4 is 35.6 Å². The molecule has 0 atom stereocenters. The molecule has 2 N–H and O–H groups in total. The maximum atomic E-state index is 12.1. The Labute approximate surface area is 173 Å². The lowest BCUT2D eigenvalue weighted by Crippen LogP contribution is -2.33. The minimum absolute atomic E-state index is 0.214. The van der Waals surface area contributed by atoms with Gasteiger partial charge in [0.2, 0.25) is 5.91 Å². The van der Waals surface area contributed by atoms with Gasteiger partial charge in [0, 0.05) is 29.8 Å². The highest BCUT2D eigenvalue weighted by Gasteiger charge is 2.08. The van der Waals surface area contributed by atoms with E-state index in [0.29, 0.717) is 10.6 Å². The van der Waals surface area contributed by atoms with E-state index in [0.717, 1.165) is 5.56 Å². The number of carbonyl (C=O) groups is 3. The minimum atomic E-state index is -0.802. The molecule has 0 saturated carbocycles. The predicted octanol–water partition coefficient (Wildman–Crippen LogP) is 3.43. The van der Waals surface area contributed by atoms with Crippen molar-refractivity contribution in [1.29, 1.82) is 0 Å². The molecule has 0 aliphatic carbocycles. The summed E-state index contributed by atoms with van der Waals surface area (Å²) in [5.41, 5.74) is 1.14. The van der Waals surface area contributed by atoms with E-state index in [1.807, 2.05) is 12.1 Å². The Bertz CT molecular complexity index is 881. The van der Waals surface area contributed by atoms with Gasteiger partial charge < -0.3 is 20.1 Å². The zero-order valence-electron chi connectivity index (χ0n) is 15.8. The van der Waals surface area contributed by atoms with Gasteiger partial charge in [0.1, 0.15) is 5.75 Å². The number of ether oxygens (including phenoxy) is 2. The Balaban J connectivity index is 1.72. The minimum Gasteiger partial charge on any atom is -0.434 e. The zero-order valence-corrected chi connectivity index (χ0v) is 16.6. The van der Waals surface area contributed by atoms with E-state index < -0.39 is 6.16 Å². The van der Waals surface area contributed by atoms with Crippen molar-refractivity contribution in [1.82, 2.24) is 10.6 Å². The van der Waals surface area contributed by atoms with E-state index in [4.69, 9.17) is 16.3 Å². The summed E-state index contributed by atoms with van der Waals surface area (Å²) in [6, 6.07) is 13.2. The smallest absolute Gasteiger partial charge is 0.434 e. The van der Waals surface area contributed by atoms with Crippen molar-refractivity contribution in [3.63, 3.8) is 0 Å². The lowest BCUT2D eigenvalue weighted by atomic mass is 10.2. The summed E-state index contributed by atoms with van der Waals surface area (Å²) < 4.78 is 9.59. The Kier molecular flexibility index (Phi) is 8.72. The molecule has 152 valence electrons. The van der Waals surface area contributed by atoms with Crippen molar-refractivity contribution in [2.75, 3.05) is 19.7 Å². The molecule has 0 spiro atoms. The van der Waals surface area contributed by atoms with Crippen LogP contribution in [-0.2, 0) is 9.53 Å². The molecule has 0 unspecified atom stereocenters. The largest absolute Gasteiger partial charge is 0.513 e. The standard InChI is InChI=1S/C21H21ClN2O5/c1-2-28-21(27)29-17-10-7-16(8-11-17)20(26)24-14-13-23-19(25)12-9-15-5-3-4-6-18(15)22/h3-12H,2,13-14H2,1H3,(H,23,25)(H,24,26)/b12-9+. The quantitative estimate of drug-likeness (QED) is 0.297.